The number of aromatic nitrogens is 5. The zero-order chi connectivity index (χ0) is 27.6. The van der Waals surface area contributed by atoms with E-state index >= 15 is 0 Å². The van der Waals surface area contributed by atoms with Crippen molar-refractivity contribution in [2.24, 2.45) is 0 Å². The van der Waals surface area contributed by atoms with Gasteiger partial charge in [0.05, 0.1) is 35.1 Å². The van der Waals surface area contributed by atoms with Gasteiger partial charge in [0.25, 0.3) is 5.56 Å². The number of anilines is 1. The Hall–Kier alpha value is -4.29. The van der Waals surface area contributed by atoms with Crippen LogP contribution < -0.4 is 20.9 Å². The van der Waals surface area contributed by atoms with Crippen LogP contribution in [0.2, 0.25) is 5.02 Å². The molecule has 0 amide bonds. The van der Waals surface area contributed by atoms with E-state index in [0.29, 0.717) is 18.9 Å². The van der Waals surface area contributed by atoms with Crippen molar-refractivity contribution in [1.29, 1.82) is 0 Å². The van der Waals surface area contributed by atoms with Crippen molar-refractivity contribution in [2.75, 3.05) is 32.2 Å². The van der Waals surface area contributed by atoms with E-state index in [1.807, 2.05) is 11.8 Å². The van der Waals surface area contributed by atoms with Crippen LogP contribution in [0.15, 0.2) is 58.4 Å². The molecule has 0 saturated carbocycles. The van der Waals surface area contributed by atoms with Crippen LogP contribution in [-0.4, -0.2) is 56.4 Å². The number of methoxy groups -OCH3 is 2. The van der Waals surface area contributed by atoms with Crippen LogP contribution in [0.25, 0.3) is 28.1 Å². The number of nitrogens with zero attached hydrogens (tertiary/aromatic N) is 6. The van der Waals surface area contributed by atoms with Gasteiger partial charge in [-0.05, 0) is 31.2 Å². The molecule has 0 unspecified atom stereocenters. The predicted octanol–water partition coefficient (Wildman–Crippen LogP) is 3.35. The Morgan fingerprint density at radius 1 is 1.05 bits per heavy atom. The second-order valence-corrected chi connectivity index (χ2v) is 9.85. The van der Waals surface area contributed by atoms with E-state index in [-0.39, 0.29) is 44.6 Å². The number of fused-ring (bicyclic) bond motifs is 2. The smallest absolute Gasteiger partial charge is 0.342 e. The molecule has 1 aliphatic heterocycles. The third-order valence-electron chi connectivity index (χ3n) is 6.90. The number of ether oxygens (including phenoxy) is 2. The van der Waals surface area contributed by atoms with Crippen LogP contribution in [0.3, 0.4) is 0 Å². The Kier molecular flexibility index (Phi) is 5.70. The maximum Gasteiger partial charge on any atom is 0.342 e. The Bertz CT molecular complexity index is 1910. The normalized spacial score (nSPS) is 14.7. The summed E-state index contributed by atoms with van der Waals surface area (Å²) in [4.78, 5) is 38.7. The lowest BCUT2D eigenvalue weighted by Crippen LogP contribution is -2.61. The van der Waals surface area contributed by atoms with Crippen LogP contribution in [0, 0.1) is 11.6 Å². The third kappa shape index (κ3) is 3.86. The van der Waals surface area contributed by atoms with E-state index in [2.05, 4.69) is 9.97 Å². The van der Waals surface area contributed by atoms with Gasteiger partial charge in [-0.3, -0.25) is 13.8 Å². The molecule has 1 aromatic carbocycles. The highest BCUT2D eigenvalue weighted by atomic mass is 35.5. The molecule has 4 aromatic heterocycles. The molecule has 0 N–H and O–H groups in total. The molecule has 1 fully saturated rings. The molecule has 5 heterocycles. The zero-order valence-corrected chi connectivity index (χ0v) is 21.7. The predicted molar refractivity (Wildman–Crippen MR) is 141 cm³/mol. The third-order valence-corrected chi connectivity index (χ3v) is 7.19. The van der Waals surface area contributed by atoms with Crippen LogP contribution >= 0.6 is 11.6 Å². The zero-order valence-electron chi connectivity index (χ0n) is 21.0. The fourth-order valence-electron chi connectivity index (χ4n) is 4.82. The lowest BCUT2D eigenvalue weighted by Gasteiger charge is -2.47. The molecule has 5 aromatic rings. The van der Waals surface area contributed by atoms with Crippen LogP contribution in [0.5, 0.6) is 5.88 Å². The summed E-state index contributed by atoms with van der Waals surface area (Å²) in [5, 5.41) is -0.219. The van der Waals surface area contributed by atoms with E-state index in [9.17, 15) is 18.4 Å². The molecule has 0 radical (unpaired) electrons. The molecule has 1 saturated heterocycles. The van der Waals surface area contributed by atoms with Crippen molar-refractivity contribution in [3.8, 4) is 17.4 Å². The maximum absolute atomic E-state index is 14.1. The summed E-state index contributed by atoms with van der Waals surface area (Å²) in [6, 6.07) is 7.73. The Labute approximate surface area is 224 Å². The fourth-order valence-corrected chi connectivity index (χ4v) is 5.00. The molecule has 0 atom stereocenters. The van der Waals surface area contributed by atoms with Gasteiger partial charge in [-0.25, -0.2) is 23.1 Å². The first-order chi connectivity index (χ1) is 18.6. The van der Waals surface area contributed by atoms with Gasteiger partial charge < -0.3 is 14.4 Å². The summed E-state index contributed by atoms with van der Waals surface area (Å²) >= 11 is 6.08. The van der Waals surface area contributed by atoms with E-state index in [0.717, 1.165) is 10.6 Å². The molecule has 0 bridgehead atoms. The monoisotopic (exact) mass is 554 g/mol. The van der Waals surface area contributed by atoms with Gasteiger partial charge in [0.2, 0.25) is 5.88 Å². The SMILES string of the molecule is COc1nc(N2CC(C)(OC)C2)cc2c1c(=O)n(-c1cnc3cc(F)ccn13)c(=O)n2-c1ccc(F)c(Cl)c1. The quantitative estimate of drug-likeness (QED) is 0.329. The summed E-state index contributed by atoms with van der Waals surface area (Å²) in [5.74, 6) is -0.701. The van der Waals surface area contributed by atoms with Crippen LogP contribution in [0.1, 0.15) is 6.92 Å². The average molecular weight is 555 g/mol. The van der Waals surface area contributed by atoms with Gasteiger partial charge in [0.15, 0.2) is 0 Å². The lowest BCUT2D eigenvalue weighted by molar-refractivity contribution is -0.0171. The summed E-state index contributed by atoms with van der Waals surface area (Å²) < 4.78 is 42.5. The summed E-state index contributed by atoms with van der Waals surface area (Å²) in [5.41, 5.74) is -1.32. The van der Waals surface area contributed by atoms with Crippen molar-refractivity contribution < 1.29 is 18.3 Å². The van der Waals surface area contributed by atoms with E-state index in [4.69, 9.17) is 21.1 Å². The number of pyridine rings is 2. The number of halogens is 3. The minimum absolute atomic E-state index is 0.00612. The average Bonchev–Trinajstić information content (AvgIpc) is 3.30. The molecule has 6 rings (SSSR count). The molecular weight excluding hydrogens is 534 g/mol. The Morgan fingerprint density at radius 3 is 2.51 bits per heavy atom. The van der Waals surface area contributed by atoms with Gasteiger partial charge in [-0.1, -0.05) is 11.6 Å². The fraction of sp³-hybridized carbons (Fsp3) is 0.231. The molecule has 200 valence electrons. The van der Waals surface area contributed by atoms with Crippen LogP contribution in [-0.2, 0) is 4.74 Å². The molecular formula is C26H21ClF2N6O4. The van der Waals surface area contributed by atoms with Gasteiger partial charge in [0, 0.05) is 38.5 Å². The highest BCUT2D eigenvalue weighted by molar-refractivity contribution is 6.30. The largest absolute Gasteiger partial charge is 0.480 e. The summed E-state index contributed by atoms with van der Waals surface area (Å²) in [6.45, 7) is 3.00. The standard InChI is InChI=1S/C26H21ClF2N6O4/c1-26(39-3)12-32(13-26)20-10-18-22(23(31-20)38-2)24(36)35(21-11-30-19-8-14(28)6-7-33(19)21)25(37)34(18)15-4-5-17(29)16(27)9-15/h4-11H,12-13H2,1-3H3. The van der Waals surface area contributed by atoms with Crippen molar-refractivity contribution in [1.82, 2.24) is 23.5 Å². The number of hydrogen-bond donors (Lipinski definition) is 0. The highest BCUT2D eigenvalue weighted by Crippen LogP contribution is 2.33. The molecule has 0 aliphatic carbocycles. The molecule has 13 heteroatoms. The first-order valence-electron chi connectivity index (χ1n) is 11.8. The summed E-state index contributed by atoms with van der Waals surface area (Å²) in [7, 11) is 2.99. The van der Waals surface area contributed by atoms with E-state index in [1.54, 1.807) is 13.2 Å². The molecule has 1 aliphatic rings. The number of rotatable bonds is 5. The van der Waals surface area contributed by atoms with Crippen molar-refractivity contribution in [3.05, 3.63) is 86.3 Å². The Morgan fingerprint density at radius 2 is 1.82 bits per heavy atom. The topological polar surface area (TPSA) is 95.9 Å². The van der Waals surface area contributed by atoms with Gasteiger partial charge >= 0.3 is 5.69 Å². The van der Waals surface area contributed by atoms with Gasteiger partial charge in [0.1, 0.15) is 34.3 Å². The van der Waals surface area contributed by atoms with Crippen molar-refractivity contribution in [3.63, 3.8) is 0 Å². The highest BCUT2D eigenvalue weighted by Gasteiger charge is 2.40. The van der Waals surface area contributed by atoms with E-state index < -0.39 is 22.9 Å². The minimum Gasteiger partial charge on any atom is -0.480 e. The molecule has 39 heavy (non-hydrogen) atoms. The first kappa shape index (κ1) is 25.0. The van der Waals surface area contributed by atoms with Crippen LogP contribution in [0.4, 0.5) is 14.6 Å². The second-order valence-electron chi connectivity index (χ2n) is 9.44. The Balaban J connectivity index is 1.71. The van der Waals surface area contributed by atoms with Crippen molar-refractivity contribution >= 4 is 34.0 Å². The van der Waals surface area contributed by atoms with Gasteiger partial charge in [-0.15, -0.1) is 0 Å². The number of hydrogen-bond acceptors (Lipinski definition) is 7. The first-order valence-corrected chi connectivity index (χ1v) is 12.2. The molecule has 10 nitrogen and oxygen atoms in total. The van der Waals surface area contributed by atoms with Crippen molar-refractivity contribution in [2.45, 2.75) is 12.5 Å². The maximum atomic E-state index is 14.1. The van der Waals surface area contributed by atoms with Gasteiger partial charge in [-0.2, -0.15) is 4.98 Å². The number of imidazole rings is 1. The second kappa shape index (κ2) is 8.89. The number of benzene rings is 1. The molecule has 0 spiro atoms. The summed E-state index contributed by atoms with van der Waals surface area (Å²) in [6.07, 6.45) is 2.64. The minimum atomic E-state index is -0.786. The van der Waals surface area contributed by atoms with E-state index in [1.165, 1.54) is 52.7 Å². The lowest BCUT2D eigenvalue weighted by atomic mass is 9.96.